The predicted octanol–water partition coefficient (Wildman–Crippen LogP) is 1.94. The van der Waals surface area contributed by atoms with Crippen molar-refractivity contribution >= 4 is 23.3 Å². The van der Waals surface area contributed by atoms with E-state index in [2.05, 4.69) is 0 Å². The molecule has 0 saturated heterocycles. The molecule has 0 radical (unpaired) electrons. The molecule has 1 aliphatic heterocycles. The number of hydrogen-bond acceptors (Lipinski definition) is 3. The Kier molecular flexibility index (Phi) is 2.23. The van der Waals surface area contributed by atoms with Gasteiger partial charge in [-0.25, -0.2) is 4.79 Å². The number of aromatic carboxylic acids is 1. The molecule has 0 aliphatic carbocycles. The molecule has 5 heteroatoms. The Hall–Kier alpha value is -1.42. The molecule has 1 unspecified atom stereocenters. The van der Waals surface area contributed by atoms with Gasteiger partial charge in [0, 0.05) is 17.7 Å². The first-order chi connectivity index (χ1) is 7.00. The van der Waals surface area contributed by atoms with Gasteiger partial charge in [0.1, 0.15) is 11.9 Å². The van der Waals surface area contributed by atoms with Gasteiger partial charge in [-0.15, -0.1) is 0 Å². The molecule has 1 atom stereocenters. The molecule has 0 fully saturated rings. The predicted molar refractivity (Wildman–Crippen MR) is 56.6 cm³/mol. The van der Waals surface area contributed by atoms with E-state index in [0.29, 0.717) is 22.8 Å². The van der Waals surface area contributed by atoms with E-state index in [-0.39, 0.29) is 17.4 Å². The largest absolute Gasteiger partial charge is 0.488 e. The van der Waals surface area contributed by atoms with Gasteiger partial charge in [0.05, 0.1) is 10.6 Å². The zero-order valence-corrected chi connectivity index (χ0v) is 8.84. The van der Waals surface area contributed by atoms with E-state index in [1.54, 1.807) is 0 Å². The average Bonchev–Trinajstić information content (AvgIpc) is 2.45. The fraction of sp³-hybridized carbons (Fsp3) is 0.300. The number of rotatable bonds is 1. The van der Waals surface area contributed by atoms with E-state index >= 15 is 0 Å². The first kappa shape index (κ1) is 10.1. The van der Waals surface area contributed by atoms with Crippen LogP contribution in [0.3, 0.4) is 0 Å². The van der Waals surface area contributed by atoms with Crippen molar-refractivity contribution in [2.75, 3.05) is 5.73 Å². The van der Waals surface area contributed by atoms with Crippen molar-refractivity contribution in [1.29, 1.82) is 0 Å². The highest BCUT2D eigenvalue weighted by molar-refractivity contribution is 6.32. The number of carbonyl (C=O) groups is 1. The molecular formula is C10H10ClNO3. The van der Waals surface area contributed by atoms with Crippen LogP contribution in [0, 0.1) is 0 Å². The molecule has 4 nitrogen and oxygen atoms in total. The number of nitrogens with two attached hydrogens (primary N) is 1. The van der Waals surface area contributed by atoms with E-state index < -0.39 is 5.97 Å². The highest BCUT2D eigenvalue weighted by Gasteiger charge is 2.29. The summed E-state index contributed by atoms with van der Waals surface area (Å²) in [6.45, 7) is 1.86. The van der Waals surface area contributed by atoms with Gasteiger partial charge >= 0.3 is 5.97 Å². The minimum absolute atomic E-state index is 0.0580. The summed E-state index contributed by atoms with van der Waals surface area (Å²) in [6.07, 6.45) is 0.472. The lowest BCUT2D eigenvalue weighted by Gasteiger charge is -2.08. The summed E-state index contributed by atoms with van der Waals surface area (Å²) < 4.78 is 5.43. The lowest BCUT2D eigenvalue weighted by Crippen LogP contribution is -2.08. The first-order valence-corrected chi connectivity index (χ1v) is 4.89. The van der Waals surface area contributed by atoms with Crippen LogP contribution in [0.4, 0.5) is 5.69 Å². The minimum Gasteiger partial charge on any atom is -0.488 e. The van der Waals surface area contributed by atoms with Crippen LogP contribution in [0.1, 0.15) is 22.8 Å². The summed E-state index contributed by atoms with van der Waals surface area (Å²) in [5.74, 6) is -0.589. The Bertz CT molecular complexity index is 445. The normalized spacial score (nSPS) is 18.4. The molecular weight excluding hydrogens is 218 g/mol. The Morgan fingerprint density at radius 1 is 1.73 bits per heavy atom. The highest BCUT2D eigenvalue weighted by Crippen LogP contribution is 2.40. The Morgan fingerprint density at radius 2 is 2.40 bits per heavy atom. The van der Waals surface area contributed by atoms with Gasteiger partial charge in [-0.1, -0.05) is 11.6 Å². The lowest BCUT2D eigenvalue weighted by atomic mass is 10.0. The number of carboxylic acid groups (broad SMARTS) is 1. The molecule has 0 saturated carbocycles. The second kappa shape index (κ2) is 3.31. The Balaban J connectivity index is 2.68. The van der Waals surface area contributed by atoms with Crippen LogP contribution in [0.15, 0.2) is 6.07 Å². The fourth-order valence-electron chi connectivity index (χ4n) is 1.81. The van der Waals surface area contributed by atoms with Crippen molar-refractivity contribution in [2.24, 2.45) is 0 Å². The van der Waals surface area contributed by atoms with E-state index in [0.717, 1.165) is 0 Å². The smallest absolute Gasteiger partial charge is 0.338 e. The minimum atomic E-state index is -1.04. The third-order valence-corrected chi connectivity index (χ3v) is 2.67. The maximum absolute atomic E-state index is 11.0. The van der Waals surface area contributed by atoms with Gasteiger partial charge < -0.3 is 15.6 Å². The van der Waals surface area contributed by atoms with Gasteiger partial charge in [-0.2, -0.15) is 0 Å². The summed E-state index contributed by atoms with van der Waals surface area (Å²) >= 11 is 5.92. The maximum atomic E-state index is 11.0. The summed E-state index contributed by atoms with van der Waals surface area (Å²) in [7, 11) is 0. The number of halogens is 1. The second-order valence-electron chi connectivity index (χ2n) is 3.57. The molecule has 0 amide bonds. The third-order valence-electron chi connectivity index (χ3n) is 2.39. The SMILES string of the molecule is CC1Cc2c(c(Cl)cc(N)c2C(=O)O)O1. The van der Waals surface area contributed by atoms with Gasteiger partial charge in [0.2, 0.25) is 0 Å². The summed E-state index contributed by atoms with van der Waals surface area (Å²) in [4.78, 5) is 11.0. The molecule has 3 N–H and O–H groups in total. The van der Waals surface area contributed by atoms with Crippen LogP contribution in [0.25, 0.3) is 0 Å². The van der Waals surface area contributed by atoms with Crippen molar-refractivity contribution in [3.8, 4) is 5.75 Å². The maximum Gasteiger partial charge on any atom is 0.338 e. The van der Waals surface area contributed by atoms with Crippen LogP contribution in [-0.2, 0) is 6.42 Å². The summed E-state index contributed by atoms with van der Waals surface area (Å²) in [5, 5.41) is 9.40. The molecule has 0 aromatic heterocycles. The number of fused-ring (bicyclic) bond motifs is 1. The van der Waals surface area contributed by atoms with Crippen LogP contribution in [0.5, 0.6) is 5.75 Å². The van der Waals surface area contributed by atoms with Gasteiger partial charge in [-0.3, -0.25) is 0 Å². The van der Waals surface area contributed by atoms with Crippen LogP contribution >= 0.6 is 11.6 Å². The number of ether oxygens (including phenoxy) is 1. The van der Waals surface area contributed by atoms with Gasteiger partial charge in [-0.05, 0) is 13.0 Å². The average molecular weight is 228 g/mol. The van der Waals surface area contributed by atoms with Crippen molar-refractivity contribution < 1.29 is 14.6 Å². The summed E-state index contributed by atoms with van der Waals surface area (Å²) in [6, 6.07) is 1.42. The number of benzene rings is 1. The van der Waals surface area contributed by atoms with E-state index in [1.165, 1.54) is 6.07 Å². The van der Waals surface area contributed by atoms with Crippen molar-refractivity contribution in [1.82, 2.24) is 0 Å². The fourth-order valence-corrected chi connectivity index (χ4v) is 2.09. The number of anilines is 1. The van der Waals surface area contributed by atoms with E-state index in [4.69, 9.17) is 27.2 Å². The third kappa shape index (κ3) is 1.51. The molecule has 0 spiro atoms. The molecule has 1 aliphatic rings. The number of nitrogen functional groups attached to an aromatic ring is 1. The topological polar surface area (TPSA) is 72.6 Å². The molecule has 2 rings (SSSR count). The Morgan fingerprint density at radius 3 is 3.00 bits per heavy atom. The Labute approximate surface area is 91.6 Å². The molecule has 1 aromatic rings. The van der Waals surface area contributed by atoms with Crippen LogP contribution < -0.4 is 10.5 Å². The van der Waals surface area contributed by atoms with Gasteiger partial charge in [0.25, 0.3) is 0 Å². The summed E-state index contributed by atoms with van der Waals surface area (Å²) in [5.41, 5.74) is 6.51. The van der Waals surface area contributed by atoms with Crippen molar-refractivity contribution in [3.05, 3.63) is 22.2 Å². The number of carboxylic acids is 1. The quantitative estimate of drug-likeness (QED) is 0.720. The first-order valence-electron chi connectivity index (χ1n) is 4.51. The lowest BCUT2D eigenvalue weighted by molar-refractivity contribution is 0.0697. The van der Waals surface area contributed by atoms with Crippen LogP contribution in [-0.4, -0.2) is 17.2 Å². The molecule has 15 heavy (non-hydrogen) atoms. The van der Waals surface area contributed by atoms with Gasteiger partial charge in [0.15, 0.2) is 0 Å². The monoisotopic (exact) mass is 227 g/mol. The molecule has 0 bridgehead atoms. The number of hydrogen-bond donors (Lipinski definition) is 2. The molecule has 1 heterocycles. The second-order valence-corrected chi connectivity index (χ2v) is 3.98. The van der Waals surface area contributed by atoms with Crippen molar-refractivity contribution in [3.63, 3.8) is 0 Å². The molecule has 1 aromatic carbocycles. The van der Waals surface area contributed by atoms with Crippen LogP contribution in [0.2, 0.25) is 5.02 Å². The highest BCUT2D eigenvalue weighted by atomic mass is 35.5. The van der Waals surface area contributed by atoms with E-state index in [1.807, 2.05) is 6.92 Å². The zero-order chi connectivity index (χ0) is 11.2. The molecule has 80 valence electrons. The standard InChI is InChI=1S/C10H10ClNO3/c1-4-2-5-8(10(13)14)7(12)3-6(11)9(5)15-4/h3-4H,2,12H2,1H3,(H,13,14). The van der Waals surface area contributed by atoms with E-state index in [9.17, 15) is 4.79 Å². The zero-order valence-electron chi connectivity index (χ0n) is 8.08. The van der Waals surface area contributed by atoms with Crippen molar-refractivity contribution in [2.45, 2.75) is 19.4 Å².